The number of aliphatic imine (C=N–C) groups is 1. The van der Waals surface area contributed by atoms with Gasteiger partial charge in [0.25, 0.3) is 0 Å². The Balaban J connectivity index is 0.000000396. The fraction of sp³-hybridized carbons (Fsp3) is 0.176. The van der Waals surface area contributed by atoms with E-state index >= 15 is 0 Å². The van der Waals surface area contributed by atoms with E-state index in [1.54, 1.807) is 6.21 Å². The fourth-order valence-electron chi connectivity index (χ4n) is 1.81. The summed E-state index contributed by atoms with van der Waals surface area (Å²) in [5.74, 6) is 1.62. The van der Waals surface area contributed by atoms with Gasteiger partial charge in [0, 0.05) is 19.2 Å². The third-order valence-corrected chi connectivity index (χ3v) is 2.72. The summed E-state index contributed by atoms with van der Waals surface area (Å²) < 4.78 is 11.1. The summed E-state index contributed by atoms with van der Waals surface area (Å²) in [5, 5.41) is 0. The van der Waals surface area contributed by atoms with E-state index in [9.17, 15) is 4.79 Å². The van der Waals surface area contributed by atoms with Gasteiger partial charge in [-0.3, -0.25) is 9.79 Å². The Morgan fingerprint density at radius 3 is 2.73 bits per heavy atom. The molecule has 22 heavy (non-hydrogen) atoms. The minimum absolute atomic E-state index is 0.0208. The topological polar surface area (TPSA) is 47.9 Å². The van der Waals surface area contributed by atoms with Crippen molar-refractivity contribution in [1.82, 2.24) is 0 Å². The second kappa shape index (κ2) is 8.34. The zero-order chi connectivity index (χ0) is 15.8. The average Bonchev–Trinajstić information content (AvgIpc) is 2.53. The van der Waals surface area contributed by atoms with Gasteiger partial charge in [0.05, 0.1) is 0 Å². The van der Waals surface area contributed by atoms with Crippen molar-refractivity contribution in [2.75, 3.05) is 6.61 Å². The highest BCUT2D eigenvalue weighted by atomic mass is 79.9. The first-order chi connectivity index (χ1) is 10.6. The molecule has 0 spiro atoms. The van der Waals surface area contributed by atoms with E-state index in [1.807, 2.05) is 48.5 Å². The van der Waals surface area contributed by atoms with Crippen molar-refractivity contribution in [2.24, 2.45) is 4.99 Å². The third kappa shape index (κ3) is 5.33. The number of rotatable bonds is 3. The number of ether oxygens (including phenoxy) is 2. The van der Waals surface area contributed by atoms with Crippen molar-refractivity contribution in [1.29, 1.82) is 0 Å². The maximum Gasteiger partial charge on any atom is 0.194 e. The number of halogens is 1. The molecule has 0 bridgehead atoms. The Hall–Kier alpha value is -2.14. The van der Waals surface area contributed by atoms with Crippen molar-refractivity contribution in [3.8, 4) is 11.5 Å². The summed E-state index contributed by atoms with van der Waals surface area (Å²) in [6.07, 6.45) is 1.75. The number of carbonyl (C=O) groups is 1. The molecule has 0 fully saturated rings. The first kappa shape index (κ1) is 16.2. The number of carbonyl (C=O) groups excluding carboxylic acids is 1. The van der Waals surface area contributed by atoms with Crippen LogP contribution in [0.15, 0.2) is 53.5 Å². The van der Waals surface area contributed by atoms with Gasteiger partial charge in [-0.15, -0.1) is 0 Å². The van der Waals surface area contributed by atoms with Crippen LogP contribution in [0.5, 0.6) is 11.5 Å². The van der Waals surface area contributed by atoms with E-state index in [-0.39, 0.29) is 4.69 Å². The van der Waals surface area contributed by atoms with Gasteiger partial charge >= 0.3 is 0 Å². The quantitative estimate of drug-likeness (QED) is 0.766. The largest absolute Gasteiger partial charge is 0.489 e. The van der Waals surface area contributed by atoms with E-state index in [1.165, 1.54) is 6.92 Å². The monoisotopic (exact) mass is 361 g/mol. The zero-order valence-corrected chi connectivity index (χ0v) is 13.7. The van der Waals surface area contributed by atoms with Crippen LogP contribution in [0.3, 0.4) is 0 Å². The van der Waals surface area contributed by atoms with Gasteiger partial charge in [-0.1, -0.05) is 30.3 Å². The smallest absolute Gasteiger partial charge is 0.194 e. The van der Waals surface area contributed by atoms with Crippen LogP contribution in [0.2, 0.25) is 0 Å². The van der Waals surface area contributed by atoms with E-state index in [2.05, 4.69) is 20.9 Å². The van der Waals surface area contributed by atoms with Gasteiger partial charge < -0.3 is 9.47 Å². The molecule has 1 aliphatic rings. The summed E-state index contributed by atoms with van der Waals surface area (Å²) in [4.78, 5) is 13.6. The molecule has 0 radical (unpaired) electrons. The molecule has 1 aliphatic heterocycles. The fourth-order valence-corrected chi connectivity index (χ4v) is 1.81. The van der Waals surface area contributed by atoms with E-state index in [4.69, 9.17) is 9.47 Å². The molecule has 0 aliphatic carbocycles. The summed E-state index contributed by atoms with van der Waals surface area (Å²) in [6.45, 7) is 2.54. The molecular formula is C17H16BrNO3. The summed E-state index contributed by atoms with van der Waals surface area (Å²) in [7, 11) is 0. The molecular weight excluding hydrogens is 346 g/mol. The molecule has 5 heteroatoms. The number of nitrogens with zero attached hydrogens (tertiary/aromatic N) is 1. The zero-order valence-electron chi connectivity index (χ0n) is 12.2. The Morgan fingerprint density at radius 2 is 2.00 bits per heavy atom. The van der Waals surface area contributed by atoms with Crippen LogP contribution in [0.25, 0.3) is 0 Å². The van der Waals surface area contributed by atoms with Crippen LogP contribution in [0, 0.1) is 0 Å². The predicted octanol–water partition coefficient (Wildman–Crippen LogP) is 4.29. The number of benzene rings is 2. The highest BCUT2D eigenvalue weighted by molar-refractivity contribution is 9.18. The van der Waals surface area contributed by atoms with Crippen molar-refractivity contribution in [3.05, 3.63) is 54.1 Å². The molecule has 1 heterocycles. The SMILES string of the molecule is C1=Nc2cc(OCc3ccccc3)ccc2OC1.CC(=O)Br. The molecule has 114 valence electrons. The molecule has 0 atom stereocenters. The van der Waals surface area contributed by atoms with Gasteiger partial charge in [0.15, 0.2) is 4.69 Å². The van der Waals surface area contributed by atoms with E-state index < -0.39 is 0 Å². The molecule has 0 aromatic heterocycles. The van der Waals surface area contributed by atoms with Crippen molar-refractivity contribution in [3.63, 3.8) is 0 Å². The lowest BCUT2D eigenvalue weighted by Gasteiger charge is -2.13. The van der Waals surface area contributed by atoms with Crippen LogP contribution < -0.4 is 9.47 Å². The maximum atomic E-state index is 9.36. The standard InChI is InChI=1S/C15H13NO2.C2H3BrO/c1-2-4-12(5-3-1)11-18-13-6-7-15-14(10-13)16-8-9-17-15;1-2(3)4/h1-8,10H,9,11H2;1H3. The first-order valence-electron chi connectivity index (χ1n) is 6.77. The number of hydrogen-bond donors (Lipinski definition) is 0. The van der Waals surface area contributed by atoms with Gasteiger partial charge in [-0.25, -0.2) is 0 Å². The molecule has 2 aromatic rings. The molecule has 0 unspecified atom stereocenters. The van der Waals surface area contributed by atoms with Gasteiger partial charge in [0.2, 0.25) is 0 Å². The Bertz CT molecular complexity index is 652. The highest BCUT2D eigenvalue weighted by Gasteiger charge is 2.07. The highest BCUT2D eigenvalue weighted by Crippen LogP contribution is 2.33. The molecule has 3 rings (SSSR count). The first-order valence-corrected chi connectivity index (χ1v) is 7.56. The lowest BCUT2D eigenvalue weighted by atomic mass is 10.2. The maximum absolute atomic E-state index is 9.36. The molecule has 2 aromatic carbocycles. The van der Waals surface area contributed by atoms with Crippen LogP contribution >= 0.6 is 15.9 Å². The molecule has 0 N–H and O–H groups in total. The predicted molar refractivity (Wildman–Crippen MR) is 90.5 cm³/mol. The van der Waals surface area contributed by atoms with Crippen LogP contribution in [0.1, 0.15) is 12.5 Å². The molecule has 0 saturated carbocycles. The average molecular weight is 362 g/mol. The van der Waals surface area contributed by atoms with Crippen LogP contribution in [-0.2, 0) is 11.4 Å². The van der Waals surface area contributed by atoms with E-state index in [0.717, 1.165) is 22.7 Å². The lowest BCUT2D eigenvalue weighted by molar-refractivity contribution is -0.108. The minimum atomic E-state index is -0.0208. The molecule has 0 saturated heterocycles. The van der Waals surface area contributed by atoms with Crippen molar-refractivity contribution >= 4 is 32.5 Å². The van der Waals surface area contributed by atoms with E-state index in [0.29, 0.717) is 13.2 Å². The number of fused-ring (bicyclic) bond motifs is 1. The van der Waals surface area contributed by atoms with Gasteiger partial charge in [-0.05, 0) is 33.6 Å². The number of hydrogen-bond acceptors (Lipinski definition) is 4. The Labute approximate surface area is 137 Å². The Kier molecular flexibility index (Phi) is 6.15. The van der Waals surface area contributed by atoms with Crippen LogP contribution in [-0.4, -0.2) is 17.5 Å². The molecule has 4 nitrogen and oxygen atoms in total. The second-order valence-corrected chi connectivity index (χ2v) is 5.61. The van der Waals surface area contributed by atoms with Crippen molar-refractivity contribution in [2.45, 2.75) is 13.5 Å². The summed E-state index contributed by atoms with van der Waals surface area (Å²) in [6, 6.07) is 15.8. The third-order valence-electron chi connectivity index (χ3n) is 2.72. The Morgan fingerprint density at radius 1 is 1.27 bits per heavy atom. The summed E-state index contributed by atoms with van der Waals surface area (Å²) in [5.41, 5.74) is 1.97. The van der Waals surface area contributed by atoms with Gasteiger partial charge in [0.1, 0.15) is 30.4 Å². The van der Waals surface area contributed by atoms with Gasteiger partial charge in [-0.2, -0.15) is 0 Å². The minimum Gasteiger partial charge on any atom is -0.489 e. The normalized spacial score (nSPS) is 11.5. The summed E-state index contributed by atoms with van der Waals surface area (Å²) >= 11 is 2.63. The lowest BCUT2D eigenvalue weighted by Crippen LogP contribution is -2.03. The second-order valence-electron chi connectivity index (χ2n) is 4.50. The molecule has 0 amide bonds. The van der Waals surface area contributed by atoms with Crippen molar-refractivity contribution < 1.29 is 14.3 Å². The van der Waals surface area contributed by atoms with Crippen LogP contribution in [0.4, 0.5) is 5.69 Å².